The zero-order valence-electron chi connectivity index (χ0n) is 21.5. The normalized spacial score (nSPS) is 18.4. The average Bonchev–Trinajstić information content (AvgIpc) is 3.32. The van der Waals surface area contributed by atoms with Crippen molar-refractivity contribution in [3.63, 3.8) is 0 Å². The molecule has 1 aliphatic rings. The first-order chi connectivity index (χ1) is 17.5. The van der Waals surface area contributed by atoms with Crippen molar-refractivity contribution in [1.82, 2.24) is 15.0 Å². The van der Waals surface area contributed by atoms with Gasteiger partial charge in [-0.3, -0.25) is 0 Å². The van der Waals surface area contributed by atoms with Gasteiger partial charge in [0.15, 0.2) is 0 Å². The van der Waals surface area contributed by atoms with Crippen molar-refractivity contribution in [3.8, 4) is 10.4 Å². The molecule has 0 radical (unpaired) electrons. The van der Waals surface area contributed by atoms with Crippen molar-refractivity contribution in [3.05, 3.63) is 65.3 Å². The number of hydrogen-bond acceptors (Lipinski definition) is 6. The molecule has 1 fully saturated rings. The molecule has 1 heterocycles. The minimum Gasteiger partial charge on any atom is -0.334 e. The highest BCUT2D eigenvalue weighted by Crippen LogP contribution is 2.39. The summed E-state index contributed by atoms with van der Waals surface area (Å²) < 4.78 is 29.7. The van der Waals surface area contributed by atoms with Gasteiger partial charge in [-0.05, 0) is 64.2 Å². The Bertz CT molecular complexity index is 1330. The van der Waals surface area contributed by atoms with Gasteiger partial charge in [-0.1, -0.05) is 36.4 Å². The number of carbonyl (C=O) groups excluding carboxylic acids is 1. The van der Waals surface area contributed by atoms with Crippen LogP contribution in [0.5, 0.6) is 0 Å². The largest absolute Gasteiger partial charge is 0.334 e. The third kappa shape index (κ3) is 7.38. The average molecular weight is 542 g/mol. The summed E-state index contributed by atoms with van der Waals surface area (Å²) in [6, 6.07) is 14.3. The molecule has 0 spiro atoms. The summed E-state index contributed by atoms with van der Waals surface area (Å²) in [6.07, 6.45) is 5.68. The number of urea groups is 1. The van der Waals surface area contributed by atoms with Gasteiger partial charge >= 0.3 is 6.03 Å². The quantitative estimate of drug-likeness (QED) is 0.327. The van der Waals surface area contributed by atoms with Crippen molar-refractivity contribution in [2.45, 2.75) is 75.4 Å². The number of sulfonamides is 1. The SMILES string of the molecule is CC(C)(C)NS(=O)(=O)c1cc(NC(=O)NCc2ccccc2)ccc1-c1cnc([C@H]2CC[C@H](N)CC2)s1. The molecule has 1 saturated carbocycles. The summed E-state index contributed by atoms with van der Waals surface area (Å²) in [7, 11) is -3.89. The molecule has 0 saturated heterocycles. The highest BCUT2D eigenvalue weighted by Gasteiger charge is 2.28. The summed E-state index contributed by atoms with van der Waals surface area (Å²) in [5, 5.41) is 6.57. The maximum Gasteiger partial charge on any atom is 0.319 e. The topological polar surface area (TPSA) is 126 Å². The predicted octanol–water partition coefficient (Wildman–Crippen LogP) is 5.19. The number of carbonyl (C=O) groups is 1. The molecule has 198 valence electrons. The number of nitrogens with one attached hydrogen (secondary N) is 3. The molecule has 1 aliphatic carbocycles. The Kier molecular flexibility index (Phi) is 8.33. The molecule has 3 aromatic rings. The molecular weight excluding hydrogens is 506 g/mol. The highest BCUT2D eigenvalue weighted by atomic mass is 32.2. The summed E-state index contributed by atoms with van der Waals surface area (Å²) >= 11 is 1.52. The summed E-state index contributed by atoms with van der Waals surface area (Å²) in [5.41, 5.74) is 7.29. The van der Waals surface area contributed by atoms with Crippen LogP contribution in [0.15, 0.2) is 59.6 Å². The zero-order valence-corrected chi connectivity index (χ0v) is 23.1. The van der Waals surface area contributed by atoms with Crippen LogP contribution in [-0.4, -0.2) is 31.0 Å². The van der Waals surface area contributed by atoms with E-state index in [0.717, 1.165) is 41.1 Å². The van der Waals surface area contributed by atoms with Gasteiger partial charge in [-0.15, -0.1) is 11.3 Å². The summed E-state index contributed by atoms with van der Waals surface area (Å²) in [4.78, 5) is 18.1. The van der Waals surface area contributed by atoms with Crippen molar-refractivity contribution in [2.75, 3.05) is 5.32 Å². The molecule has 37 heavy (non-hydrogen) atoms. The van der Waals surface area contributed by atoms with Crippen LogP contribution in [0.2, 0.25) is 0 Å². The fourth-order valence-corrected chi connectivity index (χ4v) is 7.26. The van der Waals surface area contributed by atoms with Gasteiger partial charge < -0.3 is 16.4 Å². The molecule has 2 aromatic carbocycles. The third-order valence-electron chi connectivity index (χ3n) is 6.18. The second kappa shape index (κ2) is 11.3. The maximum atomic E-state index is 13.5. The monoisotopic (exact) mass is 541 g/mol. The van der Waals surface area contributed by atoms with Crippen molar-refractivity contribution >= 4 is 33.1 Å². The van der Waals surface area contributed by atoms with Crippen LogP contribution in [0.4, 0.5) is 10.5 Å². The third-order valence-corrected chi connectivity index (χ3v) is 9.17. The highest BCUT2D eigenvalue weighted by molar-refractivity contribution is 7.89. The number of nitrogens with zero attached hydrogens (tertiary/aromatic N) is 1. The molecule has 10 heteroatoms. The first-order valence-electron chi connectivity index (χ1n) is 12.5. The lowest BCUT2D eigenvalue weighted by Crippen LogP contribution is -2.40. The van der Waals surface area contributed by atoms with Crippen LogP contribution < -0.4 is 21.1 Å². The Morgan fingerprint density at radius 3 is 2.46 bits per heavy atom. The minimum atomic E-state index is -3.89. The lowest BCUT2D eigenvalue weighted by molar-refractivity contribution is 0.251. The molecule has 0 unspecified atom stereocenters. The second-order valence-electron chi connectivity index (χ2n) is 10.5. The number of thiazole rings is 1. The van der Waals surface area contributed by atoms with Gasteiger partial charge in [0.05, 0.1) is 14.8 Å². The van der Waals surface area contributed by atoms with Crippen LogP contribution in [0, 0.1) is 0 Å². The zero-order chi connectivity index (χ0) is 26.6. The van der Waals surface area contributed by atoms with E-state index in [2.05, 4.69) is 20.3 Å². The fraction of sp³-hybridized carbons (Fsp3) is 0.407. The molecule has 8 nitrogen and oxygen atoms in total. The first kappa shape index (κ1) is 27.3. The van der Waals surface area contributed by atoms with Crippen molar-refractivity contribution < 1.29 is 13.2 Å². The Labute approximate surface area is 223 Å². The van der Waals surface area contributed by atoms with E-state index in [0.29, 0.717) is 23.7 Å². The van der Waals surface area contributed by atoms with E-state index in [1.54, 1.807) is 39.1 Å². The first-order valence-corrected chi connectivity index (χ1v) is 14.8. The van der Waals surface area contributed by atoms with Gasteiger partial charge in [0, 0.05) is 41.5 Å². The molecule has 2 amide bonds. The molecular formula is C27H35N5O3S2. The maximum absolute atomic E-state index is 13.5. The van der Waals surface area contributed by atoms with E-state index in [1.807, 2.05) is 30.3 Å². The van der Waals surface area contributed by atoms with Crippen LogP contribution in [0.3, 0.4) is 0 Å². The summed E-state index contributed by atoms with van der Waals surface area (Å²) in [6.45, 7) is 5.74. The Balaban J connectivity index is 1.60. The Morgan fingerprint density at radius 2 is 1.78 bits per heavy atom. The van der Waals surface area contributed by atoms with Crippen molar-refractivity contribution in [2.24, 2.45) is 5.73 Å². The molecule has 4 rings (SSSR count). The molecule has 5 N–H and O–H groups in total. The van der Waals surface area contributed by atoms with E-state index in [4.69, 9.17) is 5.73 Å². The number of benzene rings is 2. The fourth-order valence-electron chi connectivity index (χ4n) is 4.40. The molecule has 0 bridgehead atoms. The van der Waals surface area contributed by atoms with Gasteiger partial charge in [0.25, 0.3) is 0 Å². The van der Waals surface area contributed by atoms with Crippen LogP contribution in [0.1, 0.15) is 62.9 Å². The molecule has 0 atom stereocenters. The Hall–Kier alpha value is -2.79. The summed E-state index contributed by atoms with van der Waals surface area (Å²) in [5.74, 6) is 0.348. The van der Waals surface area contributed by atoms with Crippen LogP contribution in [-0.2, 0) is 16.6 Å². The van der Waals surface area contributed by atoms with E-state index in [9.17, 15) is 13.2 Å². The second-order valence-corrected chi connectivity index (χ2v) is 13.2. The Morgan fingerprint density at radius 1 is 1.08 bits per heavy atom. The minimum absolute atomic E-state index is 0.101. The molecule has 1 aromatic heterocycles. The van der Waals surface area contributed by atoms with E-state index in [1.165, 1.54) is 17.4 Å². The lowest BCUT2D eigenvalue weighted by atomic mass is 9.87. The van der Waals surface area contributed by atoms with E-state index >= 15 is 0 Å². The number of rotatable bonds is 7. The predicted molar refractivity (Wildman–Crippen MR) is 149 cm³/mol. The number of nitrogens with two attached hydrogens (primary N) is 1. The van der Waals surface area contributed by atoms with Crippen LogP contribution >= 0.6 is 11.3 Å². The smallest absolute Gasteiger partial charge is 0.319 e. The van der Waals surface area contributed by atoms with Gasteiger partial charge in [0.1, 0.15) is 0 Å². The van der Waals surface area contributed by atoms with Gasteiger partial charge in [-0.25, -0.2) is 22.9 Å². The molecule has 0 aliphatic heterocycles. The van der Waals surface area contributed by atoms with Crippen molar-refractivity contribution in [1.29, 1.82) is 0 Å². The van der Waals surface area contributed by atoms with E-state index < -0.39 is 21.6 Å². The number of hydrogen-bond donors (Lipinski definition) is 4. The van der Waals surface area contributed by atoms with Gasteiger partial charge in [-0.2, -0.15) is 0 Å². The number of anilines is 1. The number of aromatic nitrogens is 1. The van der Waals surface area contributed by atoms with Crippen LogP contribution in [0.25, 0.3) is 10.4 Å². The van der Waals surface area contributed by atoms with Gasteiger partial charge in [0.2, 0.25) is 10.0 Å². The van der Waals surface area contributed by atoms with E-state index in [-0.39, 0.29) is 10.9 Å². The standard InChI is InChI=1S/C27H35N5O3S2/c1-27(2,3)32-37(34,35)24-15-21(31-26(33)30-16-18-7-5-4-6-8-18)13-14-22(24)23-17-29-25(36-23)19-9-11-20(28)12-10-19/h4-8,13-15,17,19-20,32H,9-12,16,28H2,1-3H3,(H2,30,31,33)/t19-,20-. The number of amides is 2. The lowest BCUT2D eigenvalue weighted by Gasteiger charge is -2.24.